The molecule has 4 heteroatoms. The summed E-state index contributed by atoms with van der Waals surface area (Å²) in [6.07, 6.45) is -0.966. The van der Waals surface area contributed by atoms with E-state index in [4.69, 9.17) is 10.5 Å². The molecule has 0 bridgehead atoms. The van der Waals surface area contributed by atoms with Crippen LogP contribution in [0.5, 0.6) is 0 Å². The van der Waals surface area contributed by atoms with Crippen molar-refractivity contribution in [3.8, 4) is 12.1 Å². The molecule has 0 aliphatic rings. The zero-order valence-corrected chi connectivity index (χ0v) is 6.20. The lowest BCUT2D eigenvalue weighted by Gasteiger charge is -1.95. The highest BCUT2D eigenvalue weighted by Gasteiger charge is 2.01. The van der Waals surface area contributed by atoms with Crippen molar-refractivity contribution in [3.05, 3.63) is 0 Å². The smallest absolute Gasteiger partial charge is 0.195 e. The molecular formula is C6H7FN2S. The highest BCUT2D eigenvalue weighted by Crippen LogP contribution is 2.05. The second-order valence-electron chi connectivity index (χ2n) is 1.58. The van der Waals surface area contributed by atoms with Gasteiger partial charge in [-0.15, -0.1) is 0 Å². The molecular weight excluding hydrogens is 151 g/mol. The first-order chi connectivity index (χ1) is 4.81. The first-order valence-electron chi connectivity index (χ1n) is 2.79. The van der Waals surface area contributed by atoms with E-state index in [1.54, 1.807) is 0 Å². The number of rotatable bonds is 4. The minimum atomic E-state index is -1.39. The largest absolute Gasteiger partial charge is 0.230 e. The third kappa shape index (κ3) is 5.40. The Morgan fingerprint density at radius 1 is 1.50 bits per heavy atom. The maximum Gasteiger partial charge on any atom is 0.195 e. The minimum absolute atomic E-state index is 0.179. The Morgan fingerprint density at radius 2 is 2.20 bits per heavy atom. The lowest BCUT2D eigenvalue weighted by Crippen LogP contribution is -1.99. The van der Waals surface area contributed by atoms with E-state index >= 15 is 0 Å². The maximum absolute atomic E-state index is 12.1. The lowest BCUT2D eigenvalue weighted by molar-refractivity contribution is 0.446. The molecule has 0 aliphatic carbocycles. The van der Waals surface area contributed by atoms with Crippen LogP contribution >= 0.6 is 11.8 Å². The molecule has 0 aromatic rings. The van der Waals surface area contributed by atoms with E-state index < -0.39 is 6.17 Å². The maximum atomic E-state index is 12.1. The Hall–Kier alpha value is -0.740. The van der Waals surface area contributed by atoms with Gasteiger partial charge in [-0.2, -0.15) is 22.3 Å². The predicted octanol–water partition coefficient (Wildman–Crippen LogP) is 1.49. The van der Waals surface area contributed by atoms with Crippen LogP contribution in [0.1, 0.15) is 6.42 Å². The van der Waals surface area contributed by atoms with Crippen LogP contribution in [0.3, 0.4) is 0 Å². The van der Waals surface area contributed by atoms with Gasteiger partial charge < -0.3 is 0 Å². The molecule has 0 heterocycles. The molecule has 0 amide bonds. The van der Waals surface area contributed by atoms with E-state index in [-0.39, 0.29) is 5.75 Å². The van der Waals surface area contributed by atoms with Crippen molar-refractivity contribution in [1.29, 1.82) is 10.5 Å². The molecule has 0 saturated heterocycles. The Labute approximate surface area is 63.6 Å². The summed E-state index contributed by atoms with van der Waals surface area (Å²) in [4.78, 5) is 0. The van der Waals surface area contributed by atoms with Crippen LogP contribution < -0.4 is 0 Å². The minimum Gasteiger partial charge on any atom is -0.230 e. The number of alkyl halides is 1. The molecule has 0 radical (unpaired) electrons. The van der Waals surface area contributed by atoms with E-state index in [0.717, 1.165) is 0 Å². The molecule has 0 N–H and O–H groups in total. The highest BCUT2D eigenvalue weighted by atomic mass is 32.2. The lowest BCUT2D eigenvalue weighted by atomic mass is 10.5. The van der Waals surface area contributed by atoms with Gasteiger partial charge in [-0.1, -0.05) is 0 Å². The van der Waals surface area contributed by atoms with Crippen LogP contribution in [0.4, 0.5) is 4.39 Å². The zero-order valence-electron chi connectivity index (χ0n) is 5.38. The number of thioether (sulfide) groups is 1. The van der Waals surface area contributed by atoms with Crippen LogP contribution in [0.15, 0.2) is 0 Å². The van der Waals surface area contributed by atoms with Gasteiger partial charge in [0, 0.05) is 17.9 Å². The SMILES string of the molecule is N#CCCSCC(F)C#N. The second kappa shape index (κ2) is 6.38. The number of hydrogen-bond acceptors (Lipinski definition) is 3. The number of nitriles is 2. The van der Waals surface area contributed by atoms with Gasteiger partial charge in [0.25, 0.3) is 0 Å². The Kier molecular flexibility index (Phi) is 5.91. The fourth-order valence-electron chi connectivity index (χ4n) is 0.342. The van der Waals surface area contributed by atoms with Gasteiger partial charge in [0.1, 0.15) is 6.07 Å². The molecule has 2 nitrogen and oxygen atoms in total. The Morgan fingerprint density at radius 3 is 2.70 bits per heavy atom. The monoisotopic (exact) mass is 158 g/mol. The van der Waals surface area contributed by atoms with Gasteiger partial charge in [-0.25, -0.2) is 4.39 Å². The molecule has 0 rings (SSSR count). The van der Waals surface area contributed by atoms with Gasteiger partial charge in [-0.3, -0.25) is 0 Å². The average molecular weight is 158 g/mol. The highest BCUT2D eigenvalue weighted by molar-refractivity contribution is 7.99. The third-order valence-electron chi connectivity index (χ3n) is 0.762. The first kappa shape index (κ1) is 9.26. The van der Waals surface area contributed by atoms with Crippen molar-refractivity contribution in [2.24, 2.45) is 0 Å². The molecule has 0 spiro atoms. The summed E-state index contributed by atoms with van der Waals surface area (Å²) in [5, 5.41) is 16.1. The molecule has 0 fully saturated rings. The molecule has 1 atom stereocenters. The summed E-state index contributed by atoms with van der Waals surface area (Å²) in [6.45, 7) is 0. The molecule has 0 aliphatic heterocycles. The van der Waals surface area contributed by atoms with Gasteiger partial charge in [0.15, 0.2) is 6.17 Å². The summed E-state index contributed by atoms with van der Waals surface area (Å²) < 4.78 is 12.1. The van der Waals surface area contributed by atoms with Crippen molar-refractivity contribution in [1.82, 2.24) is 0 Å². The molecule has 0 aromatic carbocycles. The van der Waals surface area contributed by atoms with Crippen molar-refractivity contribution >= 4 is 11.8 Å². The van der Waals surface area contributed by atoms with Gasteiger partial charge >= 0.3 is 0 Å². The second-order valence-corrected chi connectivity index (χ2v) is 2.73. The first-order valence-corrected chi connectivity index (χ1v) is 3.95. The number of halogens is 1. The fraction of sp³-hybridized carbons (Fsp3) is 0.667. The normalized spacial score (nSPS) is 11.5. The van der Waals surface area contributed by atoms with E-state index in [2.05, 4.69) is 0 Å². The molecule has 1 unspecified atom stereocenters. The third-order valence-corrected chi connectivity index (χ3v) is 1.78. The Balaban J connectivity index is 3.07. The van der Waals surface area contributed by atoms with Crippen LogP contribution in [0.25, 0.3) is 0 Å². The van der Waals surface area contributed by atoms with Crippen LogP contribution in [-0.2, 0) is 0 Å². The van der Waals surface area contributed by atoms with Crippen molar-refractivity contribution < 1.29 is 4.39 Å². The van der Waals surface area contributed by atoms with E-state index in [0.29, 0.717) is 12.2 Å². The topological polar surface area (TPSA) is 47.6 Å². The molecule has 0 aromatic heterocycles. The zero-order chi connectivity index (χ0) is 7.82. The van der Waals surface area contributed by atoms with E-state index in [1.807, 2.05) is 6.07 Å². The van der Waals surface area contributed by atoms with Gasteiger partial charge in [0.2, 0.25) is 0 Å². The summed E-state index contributed by atoms with van der Waals surface area (Å²) in [5.41, 5.74) is 0. The molecule has 0 saturated carbocycles. The quantitative estimate of drug-likeness (QED) is 0.582. The fourth-order valence-corrected chi connectivity index (χ4v) is 1.03. The van der Waals surface area contributed by atoms with Crippen molar-refractivity contribution in [2.45, 2.75) is 12.6 Å². The van der Waals surface area contributed by atoms with E-state index in [9.17, 15) is 4.39 Å². The number of nitrogens with zero attached hydrogens (tertiary/aromatic N) is 2. The summed E-state index contributed by atoms with van der Waals surface area (Å²) >= 11 is 1.29. The van der Waals surface area contributed by atoms with Crippen LogP contribution in [-0.4, -0.2) is 17.7 Å². The Bertz CT molecular complexity index is 158. The van der Waals surface area contributed by atoms with E-state index in [1.165, 1.54) is 17.8 Å². The van der Waals surface area contributed by atoms with Crippen molar-refractivity contribution in [3.63, 3.8) is 0 Å². The standard InChI is InChI=1S/C6H7FN2S/c7-6(4-9)5-10-3-1-2-8/h6H,1,3,5H2. The van der Waals surface area contributed by atoms with Crippen LogP contribution in [0, 0.1) is 22.7 Å². The molecule has 54 valence electrons. The summed E-state index contributed by atoms with van der Waals surface area (Å²) in [5.74, 6) is 0.788. The van der Waals surface area contributed by atoms with Crippen molar-refractivity contribution in [2.75, 3.05) is 11.5 Å². The average Bonchev–Trinajstić information content (AvgIpc) is 1.98. The summed E-state index contributed by atoms with van der Waals surface area (Å²) in [7, 11) is 0. The van der Waals surface area contributed by atoms with Gasteiger partial charge in [0.05, 0.1) is 6.07 Å². The van der Waals surface area contributed by atoms with Gasteiger partial charge in [-0.05, 0) is 0 Å². The predicted molar refractivity (Wildman–Crippen MR) is 38.1 cm³/mol. The van der Waals surface area contributed by atoms with Crippen LogP contribution in [0.2, 0.25) is 0 Å². The summed E-state index contributed by atoms with van der Waals surface area (Å²) in [6, 6.07) is 3.40. The number of hydrogen-bond donors (Lipinski definition) is 0. The molecule has 10 heavy (non-hydrogen) atoms.